The van der Waals surface area contributed by atoms with Crippen molar-refractivity contribution in [1.29, 1.82) is 0 Å². The van der Waals surface area contributed by atoms with Gasteiger partial charge in [0.15, 0.2) is 5.69 Å². The normalized spacial score (nSPS) is 14.8. The molecule has 0 aliphatic heterocycles. The summed E-state index contributed by atoms with van der Waals surface area (Å²) < 4.78 is 15.0. The molecule has 174 valence electrons. The molecule has 1 heterocycles. The smallest absolute Gasteiger partial charge is 0.273 e. The summed E-state index contributed by atoms with van der Waals surface area (Å²) in [6.45, 7) is 6.73. The van der Waals surface area contributed by atoms with Crippen molar-refractivity contribution in [2.75, 3.05) is 6.54 Å². The summed E-state index contributed by atoms with van der Waals surface area (Å²) in [5.74, 6) is -0.417. The van der Waals surface area contributed by atoms with E-state index in [0.29, 0.717) is 29.4 Å². The zero-order chi connectivity index (χ0) is 23.8. The highest BCUT2D eigenvalue weighted by molar-refractivity contribution is 6.31. The lowest BCUT2D eigenvalue weighted by atomic mass is 9.86. The topological polar surface area (TPSA) is 76.0 Å². The zero-order valence-corrected chi connectivity index (χ0v) is 19.7. The minimum absolute atomic E-state index is 0.193. The van der Waals surface area contributed by atoms with Crippen LogP contribution >= 0.6 is 11.6 Å². The summed E-state index contributed by atoms with van der Waals surface area (Å²) in [4.78, 5) is 26.2. The highest BCUT2D eigenvalue weighted by atomic mass is 35.5. The molecule has 0 bridgehead atoms. The van der Waals surface area contributed by atoms with Gasteiger partial charge in [0.25, 0.3) is 5.91 Å². The van der Waals surface area contributed by atoms with Gasteiger partial charge in [0, 0.05) is 17.0 Å². The number of aromatic nitrogens is 2. The monoisotopic (exact) mass is 470 g/mol. The molecule has 1 aliphatic rings. The van der Waals surface area contributed by atoms with Crippen LogP contribution in [0.25, 0.3) is 10.9 Å². The SMILES string of the molecule is CC(C)(C)C(NC(=O)c1nn(Cc2ccc(F)cc2)c2ccc(Cl)cc12)C(=O)NCC1CC1. The second-order valence-electron chi connectivity index (χ2n) is 9.76. The van der Waals surface area contributed by atoms with Gasteiger partial charge in [-0.2, -0.15) is 5.10 Å². The summed E-state index contributed by atoms with van der Waals surface area (Å²) in [5, 5.41) is 11.5. The van der Waals surface area contributed by atoms with E-state index in [1.807, 2.05) is 20.8 Å². The Kier molecular flexibility index (Phi) is 6.43. The highest BCUT2D eigenvalue weighted by Gasteiger charge is 2.35. The Labute approximate surface area is 197 Å². The van der Waals surface area contributed by atoms with E-state index in [-0.39, 0.29) is 17.4 Å². The molecule has 1 unspecified atom stereocenters. The number of carbonyl (C=O) groups is 2. The average molecular weight is 471 g/mol. The van der Waals surface area contributed by atoms with E-state index in [1.54, 1.807) is 35.0 Å². The fourth-order valence-corrected chi connectivity index (χ4v) is 3.92. The molecule has 2 N–H and O–H groups in total. The summed E-state index contributed by atoms with van der Waals surface area (Å²) in [5.41, 5.74) is 1.26. The van der Waals surface area contributed by atoms with E-state index in [4.69, 9.17) is 11.6 Å². The van der Waals surface area contributed by atoms with Gasteiger partial charge in [-0.25, -0.2) is 4.39 Å². The standard InChI is InChI=1S/C25H28ClFN4O2/c1-25(2,3)22(24(33)28-13-15-4-5-15)29-23(32)21-19-12-17(26)8-11-20(19)31(30-21)14-16-6-9-18(27)10-7-16/h6-12,15,22H,4-5,13-14H2,1-3H3,(H,28,33)(H,29,32). The summed E-state index contributed by atoms with van der Waals surface area (Å²) in [6, 6.07) is 10.6. The Bertz CT molecular complexity index is 1180. The van der Waals surface area contributed by atoms with Gasteiger partial charge in [-0.05, 0) is 60.1 Å². The molecule has 0 saturated heterocycles. The quantitative estimate of drug-likeness (QED) is 0.532. The maximum absolute atomic E-state index is 13.3. The van der Waals surface area contributed by atoms with Gasteiger partial charge in [0.1, 0.15) is 11.9 Å². The fourth-order valence-electron chi connectivity index (χ4n) is 3.75. The first kappa shape index (κ1) is 23.2. The van der Waals surface area contributed by atoms with Crippen molar-refractivity contribution in [2.24, 2.45) is 11.3 Å². The molecule has 6 nitrogen and oxygen atoms in total. The van der Waals surface area contributed by atoms with Crippen LogP contribution in [-0.4, -0.2) is 34.2 Å². The minimum atomic E-state index is -0.722. The molecule has 4 rings (SSSR count). The van der Waals surface area contributed by atoms with Crippen molar-refractivity contribution < 1.29 is 14.0 Å². The van der Waals surface area contributed by atoms with Crippen LogP contribution in [0, 0.1) is 17.2 Å². The van der Waals surface area contributed by atoms with Crippen LogP contribution in [0.4, 0.5) is 4.39 Å². The van der Waals surface area contributed by atoms with Gasteiger partial charge in [-0.15, -0.1) is 0 Å². The van der Waals surface area contributed by atoms with Crippen molar-refractivity contribution in [1.82, 2.24) is 20.4 Å². The lowest BCUT2D eigenvalue weighted by Crippen LogP contribution is -2.54. The molecule has 0 spiro atoms. The predicted octanol–water partition coefficient (Wildman–Crippen LogP) is 4.55. The van der Waals surface area contributed by atoms with Gasteiger partial charge >= 0.3 is 0 Å². The maximum Gasteiger partial charge on any atom is 0.273 e. The minimum Gasteiger partial charge on any atom is -0.354 e. The van der Waals surface area contributed by atoms with Gasteiger partial charge in [0.05, 0.1) is 12.1 Å². The Morgan fingerprint density at radius 2 is 1.88 bits per heavy atom. The third-order valence-electron chi connectivity index (χ3n) is 5.84. The van der Waals surface area contributed by atoms with E-state index in [2.05, 4.69) is 15.7 Å². The van der Waals surface area contributed by atoms with Crippen LogP contribution in [0.5, 0.6) is 0 Å². The molecule has 3 aromatic rings. The van der Waals surface area contributed by atoms with Gasteiger partial charge in [0.2, 0.25) is 5.91 Å². The zero-order valence-electron chi connectivity index (χ0n) is 19.0. The highest BCUT2D eigenvalue weighted by Crippen LogP contribution is 2.28. The number of benzene rings is 2. The molecule has 1 saturated carbocycles. The van der Waals surface area contributed by atoms with Crippen LogP contribution in [0.15, 0.2) is 42.5 Å². The molecule has 8 heteroatoms. The molecule has 1 aromatic heterocycles. The largest absolute Gasteiger partial charge is 0.354 e. The van der Waals surface area contributed by atoms with Crippen molar-refractivity contribution in [3.8, 4) is 0 Å². The first-order valence-electron chi connectivity index (χ1n) is 11.1. The van der Waals surface area contributed by atoms with Gasteiger partial charge in [-0.3, -0.25) is 14.3 Å². The van der Waals surface area contributed by atoms with Crippen LogP contribution in [0.1, 0.15) is 49.7 Å². The van der Waals surface area contributed by atoms with Crippen LogP contribution in [0.2, 0.25) is 5.02 Å². The number of fused-ring (bicyclic) bond motifs is 1. The summed E-state index contributed by atoms with van der Waals surface area (Å²) in [7, 11) is 0. The fraction of sp³-hybridized carbons (Fsp3) is 0.400. The number of hydrogen-bond donors (Lipinski definition) is 2. The summed E-state index contributed by atoms with van der Waals surface area (Å²) in [6.07, 6.45) is 2.26. The molecule has 2 amide bonds. The maximum atomic E-state index is 13.3. The van der Waals surface area contributed by atoms with E-state index in [9.17, 15) is 14.0 Å². The van der Waals surface area contributed by atoms with Crippen LogP contribution < -0.4 is 10.6 Å². The molecule has 33 heavy (non-hydrogen) atoms. The Balaban J connectivity index is 1.62. The number of amides is 2. The number of nitrogens with zero attached hydrogens (tertiary/aromatic N) is 2. The Morgan fingerprint density at radius 3 is 2.52 bits per heavy atom. The number of halogens is 2. The molecule has 1 aliphatic carbocycles. The van der Waals surface area contributed by atoms with Crippen molar-refractivity contribution in [3.63, 3.8) is 0 Å². The lowest BCUT2D eigenvalue weighted by Gasteiger charge is -2.30. The molecule has 1 atom stereocenters. The molecule has 1 fully saturated rings. The predicted molar refractivity (Wildman–Crippen MR) is 127 cm³/mol. The summed E-state index contributed by atoms with van der Waals surface area (Å²) >= 11 is 6.21. The second-order valence-corrected chi connectivity index (χ2v) is 10.2. The average Bonchev–Trinajstić information content (AvgIpc) is 3.52. The van der Waals surface area contributed by atoms with Crippen molar-refractivity contribution in [3.05, 3.63) is 64.6 Å². The second kappa shape index (κ2) is 9.14. The molecular formula is C25H28ClFN4O2. The van der Waals surface area contributed by atoms with E-state index in [0.717, 1.165) is 23.9 Å². The third kappa shape index (κ3) is 5.53. The van der Waals surface area contributed by atoms with E-state index < -0.39 is 17.4 Å². The lowest BCUT2D eigenvalue weighted by molar-refractivity contribution is -0.125. The van der Waals surface area contributed by atoms with Gasteiger partial charge in [-0.1, -0.05) is 44.5 Å². The number of carbonyl (C=O) groups excluding carboxylic acids is 2. The third-order valence-corrected chi connectivity index (χ3v) is 6.07. The molecule has 0 radical (unpaired) electrons. The van der Waals surface area contributed by atoms with E-state index >= 15 is 0 Å². The van der Waals surface area contributed by atoms with Crippen molar-refractivity contribution in [2.45, 2.75) is 46.2 Å². The van der Waals surface area contributed by atoms with Crippen LogP contribution in [0.3, 0.4) is 0 Å². The Morgan fingerprint density at radius 1 is 1.18 bits per heavy atom. The van der Waals surface area contributed by atoms with Crippen LogP contribution in [-0.2, 0) is 11.3 Å². The van der Waals surface area contributed by atoms with Gasteiger partial charge < -0.3 is 10.6 Å². The van der Waals surface area contributed by atoms with Crippen molar-refractivity contribution >= 4 is 34.3 Å². The number of rotatable bonds is 7. The number of nitrogens with one attached hydrogen (secondary N) is 2. The molecule has 2 aromatic carbocycles. The Hall–Kier alpha value is -2.93. The first-order valence-corrected chi connectivity index (χ1v) is 11.5. The number of hydrogen-bond acceptors (Lipinski definition) is 3. The first-order chi connectivity index (χ1) is 15.6. The molecular weight excluding hydrogens is 443 g/mol. The van der Waals surface area contributed by atoms with E-state index in [1.165, 1.54) is 12.1 Å².